The van der Waals surface area contributed by atoms with E-state index in [1.807, 2.05) is 45.2 Å². The first kappa shape index (κ1) is 15.8. The fourth-order valence-electron chi connectivity index (χ4n) is 3.15. The highest BCUT2D eigenvalue weighted by Crippen LogP contribution is 2.19. The summed E-state index contributed by atoms with van der Waals surface area (Å²) in [7, 11) is 0. The highest BCUT2D eigenvalue weighted by Gasteiger charge is 2.15. The van der Waals surface area contributed by atoms with E-state index in [1.165, 1.54) is 11.8 Å². The van der Waals surface area contributed by atoms with Crippen molar-refractivity contribution in [2.24, 2.45) is 0 Å². The third-order valence-corrected chi connectivity index (χ3v) is 4.70. The molecule has 25 heavy (non-hydrogen) atoms. The van der Waals surface area contributed by atoms with Crippen LogP contribution in [0, 0.1) is 20.8 Å². The molecule has 3 heterocycles. The fraction of sp³-hybridized carbons (Fsp3) is 0.222. The minimum absolute atomic E-state index is 0.101. The van der Waals surface area contributed by atoms with Gasteiger partial charge >= 0.3 is 0 Å². The number of thioether (sulfide) groups is 1. The number of pyridine rings is 1. The van der Waals surface area contributed by atoms with E-state index in [0.29, 0.717) is 22.0 Å². The van der Waals surface area contributed by atoms with Crippen LogP contribution in [0.25, 0.3) is 22.4 Å². The van der Waals surface area contributed by atoms with Gasteiger partial charge < -0.3 is 0 Å². The third kappa shape index (κ3) is 2.51. The summed E-state index contributed by atoms with van der Waals surface area (Å²) in [4.78, 5) is 22.0. The van der Waals surface area contributed by atoms with Crippen LogP contribution in [0.5, 0.6) is 0 Å². The fourth-order valence-corrected chi connectivity index (χ4v) is 3.48. The summed E-state index contributed by atoms with van der Waals surface area (Å²) in [5.41, 5.74) is 4.37. The monoisotopic (exact) mass is 351 g/mol. The van der Waals surface area contributed by atoms with Gasteiger partial charge in [0, 0.05) is 11.9 Å². The molecule has 6 nitrogen and oxygen atoms in total. The van der Waals surface area contributed by atoms with Crippen molar-refractivity contribution in [3.8, 4) is 5.69 Å². The lowest BCUT2D eigenvalue weighted by atomic mass is 10.1. The molecule has 4 rings (SSSR count). The molecular weight excluding hydrogens is 334 g/mol. The van der Waals surface area contributed by atoms with Gasteiger partial charge in [-0.15, -0.1) is 5.10 Å². The molecule has 0 aliphatic rings. The molecule has 0 saturated heterocycles. The maximum Gasteiger partial charge on any atom is 0.266 e. The van der Waals surface area contributed by atoms with Crippen molar-refractivity contribution in [2.75, 3.05) is 6.26 Å². The lowest BCUT2D eigenvalue weighted by molar-refractivity contribution is 0.901. The van der Waals surface area contributed by atoms with Crippen LogP contribution in [0.3, 0.4) is 0 Å². The van der Waals surface area contributed by atoms with Gasteiger partial charge in [-0.25, -0.2) is 4.98 Å². The molecule has 7 heteroatoms. The Labute approximate surface area is 148 Å². The number of hydrogen-bond donors (Lipinski definition) is 0. The summed E-state index contributed by atoms with van der Waals surface area (Å²) in [5, 5.41) is 5.63. The van der Waals surface area contributed by atoms with E-state index in [-0.39, 0.29) is 5.56 Å². The number of nitrogens with zero attached hydrogens (tertiary/aromatic N) is 5. The Morgan fingerprint density at radius 1 is 1.04 bits per heavy atom. The molecule has 0 amide bonds. The van der Waals surface area contributed by atoms with E-state index >= 15 is 0 Å². The lowest BCUT2D eigenvalue weighted by Crippen LogP contribution is -2.20. The largest absolute Gasteiger partial charge is 0.284 e. The Morgan fingerprint density at radius 2 is 1.76 bits per heavy atom. The first-order valence-electron chi connectivity index (χ1n) is 7.89. The van der Waals surface area contributed by atoms with E-state index in [9.17, 15) is 4.79 Å². The molecule has 0 unspecified atom stereocenters. The Bertz CT molecular complexity index is 1170. The molecule has 0 aliphatic carbocycles. The minimum Gasteiger partial charge on any atom is -0.284 e. The summed E-state index contributed by atoms with van der Waals surface area (Å²) >= 11 is 1.45. The molecule has 0 atom stereocenters. The summed E-state index contributed by atoms with van der Waals surface area (Å²) < 4.78 is 3.30. The molecular formula is C18H17N5OS. The molecule has 0 spiro atoms. The van der Waals surface area contributed by atoms with Crippen LogP contribution >= 0.6 is 11.8 Å². The van der Waals surface area contributed by atoms with Crippen LogP contribution in [0.15, 0.2) is 40.4 Å². The number of aryl methyl sites for hydroxylation is 3. The number of rotatable bonds is 2. The van der Waals surface area contributed by atoms with Crippen molar-refractivity contribution in [1.82, 2.24) is 24.1 Å². The topological polar surface area (TPSA) is 65.1 Å². The highest BCUT2D eigenvalue weighted by molar-refractivity contribution is 7.98. The summed E-state index contributed by atoms with van der Waals surface area (Å²) in [6.45, 7) is 5.89. The zero-order valence-corrected chi connectivity index (χ0v) is 15.3. The molecule has 0 bridgehead atoms. The molecule has 1 aromatic carbocycles. The summed E-state index contributed by atoms with van der Waals surface area (Å²) in [6.07, 6.45) is 3.70. The smallest absolute Gasteiger partial charge is 0.266 e. The van der Waals surface area contributed by atoms with Crippen LogP contribution in [-0.2, 0) is 0 Å². The van der Waals surface area contributed by atoms with E-state index in [4.69, 9.17) is 0 Å². The van der Waals surface area contributed by atoms with Gasteiger partial charge in [0.25, 0.3) is 11.3 Å². The summed E-state index contributed by atoms with van der Waals surface area (Å²) in [6, 6.07) is 7.99. The molecule has 4 aromatic rings. The Hall–Kier alpha value is -2.67. The number of benzene rings is 1. The lowest BCUT2D eigenvalue weighted by Gasteiger charge is -2.11. The Morgan fingerprint density at radius 3 is 2.44 bits per heavy atom. The average molecular weight is 351 g/mol. The first-order valence-corrected chi connectivity index (χ1v) is 9.12. The van der Waals surface area contributed by atoms with E-state index in [1.54, 1.807) is 15.3 Å². The highest BCUT2D eigenvalue weighted by atomic mass is 32.2. The maximum atomic E-state index is 13.1. The summed E-state index contributed by atoms with van der Waals surface area (Å²) in [5.74, 6) is 0.512. The molecule has 0 radical (unpaired) electrons. The van der Waals surface area contributed by atoms with Gasteiger partial charge in [-0.3, -0.25) is 9.36 Å². The second-order valence-electron chi connectivity index (χ2n) is 6.10. The van der Waals surface area contributed by atoms with Gasteiger partial charge in [0.05, 0.1) is 16.6 Å². The molecule has 3 aromatic heterocycles. The molecule has 126 valence electrons. The maximum absolute atomic E-state index is 13.1. The molecule has 0 fully saturated rings. The standard InChI is InChI=1S/C18H17N5OS/c1-10-7-11(2)9-13(8-10)22-6-5-14-15(16(22)24)12(3)19-17-20-18(25-4)21-23(14)17/h5-9H,1-4H3. The zero-order chi connectivity index (χ0) is 17.7. The van der Waals surface area contributed by atoms with Crippen LogP contribution in [0.4, 0.5) is 0 Å². The van der Waals surface area contributed by atoms with Crippen LogP contribution in [0.1, 0.15) is 16.8 Å². The Balaban J connectivity index is 2.07. The SMILES string of the molecule is CSc1nc2nc(C)c3c(=O)n(-c4cc(C)cc(C)c4)ccc3n2n1. The van der Waals surface area contributed by atoms with Crippen molar-refractivity contribution in [2.45, 2.75) is 25.9 Å². The Kier molecular flexibility index (Phi) is 3.61. The molecule has 0 aliphatic heterocycles. The van der Waals surface area contributed by atoms with Crippen molar-refractivity contribution in [1.29, 1.82) is 0 Å². The molecule has 0 saturated carbocycles. The third-order valence-electron chi connectivity index (χ3n) is 4.17. The van der Waals surface area contributed by atoms with Crippen molar-refractivity contribution in [3.05, 3.63) is 57.6 Å². The average Bonchev–Trinajstić information content (AvgIpc) is 2.97. The normalized spacial score (nSPS) is 11.5. The first-order chi connectivity index (χ1) is 12.0. The van der Waals surface area contributed by atoms with E-state index < -0.39 is 0 Å². The van der Waals surface area contributed by atoms with Crippen LogP contribution in [-0.4, -0.2) is 30.4 Å². The quantitative estimate of drug-likeness (QED) is 0.519. The number of aromatic nitrogens is 5. The van der Waals surface area contributed by atoms with Crippen molar-refractivity contribution >= 4 is 28.4 Å². The van der Waals surface area contributed by atoms with Gasteiger partial charge in [-0.1, -0.05) is 17.8 Å². The van der Waals surface area contributed by atoms with Crippen LogP contribution in [0.2, 0.25) is 0 Å². The van der Waals surface area contributed by atoms with Gasteiger partial charge in [-0.2, -0.15) is 9.50 Å². The molecule has 0 N–H and O–H groups in total. The number of fused-ring (bicyclic) bond motifs is 3. The second kappa shape index (κ2) is 5.70. The van der Waals surface area contributed by atoms with E-state index in [2.05, 4.69) is 21.1 Å². The van der Waals surface area contributed by atoms with Gasteiger partial charge in [0.2, 0.25) is 5.16 Å². The second-order valence-corrected chi connectivity index (χ2v) is 6.88. The van der Waals surface area contributed by atoms with Crippen LogP contribution < -0.4 is 5.56 Å². The minimum atomic E-state index is -0.101. The van der Waals surface area contributed by atoms with Gasteiger partial charge in [0.15, 0.2) is 0 Å². The predicted octanol–water partition coefficient (Wildman–Crippen LogP) is 3.08. The predicted molar refractivity (Wildman–Crippen MR) is 99.9 cm³/mol. The number of hydrogen-bond acceptors (Lipinski definition) is 5. The van der Waals surface area contributed by atoms with E-state index in [0.717, 1.165) is 22.3 Å². The van der Waals surface area contributed by atoms with Gasteiger partial charge in [0.1, 0.15) is 0 Å². The van der Waals surface area contributed by atoms with Gasteiger partial charge in [-0.05, 0) is 56.4 Å². The van der Waals surface area contributed by atoms with Crippen molar-refractivity contribution < 1.29 is 0 Å². The van der Waals surface area contributed by atoms with Crippen molar-refractivity contribution in [3.63, 3.8) is 0 Å². The zero-order valence-electron chi connectivity index (χ0n) is 14.4.